The second-order valence-corrected chi connectivity index (χ2v) is 6.66. The van der Waals surface area contributed by atoms with Crippen LogP contribution in [0.25, 0.3) is 0 Å². The number of amides is 1. The van der Waals surface area contributed by atoms with E-state index in [4.69, 9.17) is 0 Å². The van der Waals surface area contributed by atoms with Gasteiger partial charge >= 0.3 is 0 Å². The van der Waals surface area contributed by atoms with Gasteiger partial charge in [0.2, 0.25) is 0 Å². The van der Waals surface area contributed by atoms with Gasteiger partial charge in [0.05, 0.1) is 0 Å². The van der Waals surface area contributed by atoms with E-state index in [1.165, 1.54) is 6.42 Å². The SMILES string of the molecule is CCN1CCCN(C(=O)c2cc3c([nH]c2=O)CCCCC3)CC1. The standard InChI is InChI=1S/C18H27N3O2/c1-2-20-9-6-10-21(12-11-20)18(23)15-13-14-7-4-3-5-8-16(14)19-17(15)22/h13H,2-12H2,1H3,(H,19,22). The maximum atomic E-state index is 12.8. The number of aryl methyl sites for hydroxylation is 2. The fraction of sp³-hybridized carbons (Fsp3) is 0.667. The van der Waals surface area contributed by atoms with Gasteiger partial charge in [-0.2, -0.15) is 0 Å². The molecule has 0 saturated carbocycles. The van der Waals surface area contributed by atoms with Crippen molar-refractivity contribution in [2.45, 2.75) is 45.4 Å². The molecule has 126 valence electrons. The average molecular weight is 317 g/mol. The number of rotatable bonds is 2. The van der Waals surface area contributed by atoms with E-state index in [-0.39, 0.29) is 11.5 Å². The van der Waals surface area contributed by atoms with Crippen LogP contribution in [0.3, 0.4) is 0 Å². The van der Waals surface area contributed by atoms with E-state index in [0.717, 1.165) is 69.5 Å². The molecule has 2 heterocycles. The topological polar surface area (TPSA) is 56.4 Å². The Morgan fingerprint density at radius 1 is 1.09 bits per heavy atom. The number of aromatic amines is 1. The zero-order valence-corrected chi connectivity index (χ0v) is 14.1. The molecule has 5 nitrogen and oxygen atoms in total. The fourth-order valence-electron chi connectivity index (χ4n) is 3.67. The summed E-state index contributed by atoms with van der Waals surface area (Å²) < 4.78 is 0. The van der Waals surface area contributed by atoms with Crippen LogP contribution in [0.2, 0.25) is 0 Å². The van der Waals surface area contributed by atoms with Crippen molar-refractivity contribution in [3.63, 3.8) is 0 Å². The quantitative estimate of drug-likeness (QED) is 0.847. The van der Waals surface area contributed by atoms with Crippen LogP contribution in [0.4, 0.5) is 0 Å². The molecule has 3 rings (SSSR count). The van der Waals surface area contributed by atoms with Crippen LogP contribution in [0.15, 0.2) is 10.9 Å². The van der Waals surface area contributed by atoms with E-state index < -0.39 is 0 Å². The Bertz CT molecular complexity index is 623. The summed E-state index contributed by atoms with van der Waals surface area (Å²) in [5.41, 5.74) is 2.32. The molecule has 0 bridgehead atoms. The predicted molar refractivity (Wildman–Crippen MR) is 91.0 cm³/mol. The maximum Gasteiger partial charge on any atom is 0.261 e. The molecule has 1 aliphatic carbocycles. The summed E-state index contributed by atoms with van der Waals surface area (Å²) in [6.07, 6.45) is 6.32. The summed E-state index contributed by atoms with van der Waals surface area (Å²) in [5.74, 6) is -0.101. The van der Waals surface area contributed by atoms with Gasteiger partial charge in [0, 0.05) is 25.3 Å². The van der Waals surface area contributed by atoms with Crippen LogP contribution in [0.1, 0.15) is 54.2 Å². The minimum Gasteiger partial charge on any atom is -0.337 e. The number of nitrogens with zero attached hydrogens (tertiary/aromatic N) is 2. The number of carbonyl (C=O) groups excluding carboxylic acids is 1. The number of fused-ring (bicyclic) bond motifs is 1. The van der Waals surface area contributed by atoms with E-state index >= 15 is 0 Å². The highest BCUT2D eigenvalue weighted by Crippen LogP contribution is 2.19. The lowest BCUT2D eigenvalue weighted by atomic mass is 10.1. The van der Waals surface area contributed by atoms with Gasteiger partial charge in [-0.25, -0.2) is 0 Å². The smallest absolute Gasteiger partial charge is 0.261 e. The largest absolute Gasteiger partial charge is 0.337 e. The van der Waals surface area contributed by atoms with E-state index in [2.05, 4.69) is 16.8 Å². The summed E-state index contributed by atoms with van der Waals surface area (Å²) >= 11 is 0. The molecule has 1 amide bonds. The van der Waals surface area contributed by atoms with Crippen molar-refractivity contribution in [1.82, 2.24) is 14.8 Å². The van der Waals surface area contributed by atoms with Crippen LogP contribution in [0.5, 0.6) is 0 Å². The molecule has 0 radical (unpaired) electrons. The summed E-state index contributed by atoms with van der Waals surface area (Å²) in [6.45, 7) is 6.54. The molecule has 0 atom stereocenters. The molecule has 1 aliphatic heterocycles. The van der Waals surface area contributed by atoms with Gasteiger partial charge in [-0.05, 0) is 56.8 Å². The van der Waals surface area contributed by atoms with Crippen LogP contribution in [-0.2, 0) is 12.8 Å². The minimum atomic E-state index is -0.216. The maximum absolute atomic E-state index is 12.8. The predicted octanol–water partition coefficient (Wildman–Crippen LogP) is 1.81. The first kappa shape index (κ1) is 16.2. The molecule has 0 aromatic carbocycles. The van der Waals surface area contributed by atoms with Crippen molar-refractivity contribution in [1.29, 1.82) is 0 Å². The fourth-order valence-corrected chi connectivity index (χ4v) is 3.67. The zero-order valence-electron chi connectivity index (χ0n) is 14.1. The molecule has 1 saturated heterocycles. The number of likely N-dealkylation sites (N-methyl/N-ethyl adjacent to an activating group) is 1. The highest BCUT2D eigenvalue weighted by Gasteiger charge is 2.23. The van der Waals surface area contributed by atoms with Gasteiger partial charge in [0.15, 0.2) is 0 Å². The number of hydrogen-bond donors (Lipinski definition) is 1. The lowest BCUT2D eigenvalue weighted by molar-refractivity contribution is 0.0760. The van der Waals surface area contributed by atoms with Crippen LogP contribution < -0.4 is 5.56 Å². The van der Waals surface area contributed by atoms with E-state index in [1.807, 2.05) is 11.0 Å². The van der Waals surface area contributed by atoms with Crippen molar-refractivity contribution in [2.75, 3.05) is 32.7 Å². The van der Waals surface area contributed by atoms with E-state index in [0.29, 0.717) is 12.1 Å². The Balaban J connectivity index is 1.82. The first-order chi connectivity index (χ1) is 11.2. The number of nitrogens with one attached hydrogen (secondary N) is 1. The van der Waals surface area contributed by atoms with Crippen molar-refractivity contribution < 1.29 is 4.79 Å². The third kappa shape index (κ3) is 3.66. The molecule has 0 unspecified atom stereocenters. The molecule has 1 fully saturated rings. The molecule has 1 aromatic rings. The van der Waals surface area contributed by atoms with Gasteiger partial charge < -0.3 is 14.8 Å². The summed E-state index contributed by atoms with van der Waals surface area (Å²) in [4.78, 5) is 32.4. The average Bonchev–Trinajstić information content (AvgIpc) is 2.93. The van der Waals surface area contributed by atoms with Crippen molar-refractivity contribution >= 4 is 5.91 Å². The van der Waals surface area contributed by atoms with E-state index in [9.17, 15) is 9.59 Å². The lowest BCUT2D eigenvalue weighted by Crippen LogP contribution is -2.38. The number of pyridine rings is 1. The third-order valence-electron chi connectivity index (χ3n) is 5.14. The van der Waals surface area contributed by atoms with Crippen LogP contribution in [-0.4, -0.2) is 53.4 Å². The highest BCUT2D eigenvalue weighted by atomic mass is 16.2. The van der Waals surface area contributed by atoms with Crippen LogP contribution in [0, 0.1) is 0 Å². The molecular formula is C18H27N3O2. The molecule has 23 heavy (non-hydrogen) atoms. The van der Waals surface area contributed by atoms with Crippen molar-refractivity contribution in [3.05, 3.63) is 33.2 Å². The third-order valence-corrected chi connectivity index (χ3v) is 5.14. The van der Waals surface area contributed by atoms with Gasteiger partial charge in [-0.15, -0.1) is 0 Å². The Labute approximate surface area is 137 Å². The summed E-state index contributed by atoms with van der Waals surface area (Å²) in [7, 11) is 0. The second kappa shape index (κ2) is 7.30. The van der Waals surface area contributed by atoms with Crippen molar-refractivity contribution in [3.8, 4) is 0 Å². The second-order valence-electron chi connectivity index (χ2n) is 6.66. The molecular weight excluding hydrogens is 290 g/mol. The molecule has 1 aromatic heterocycles. The lowest BCUT2D eigenvalue weighted by Gasteiger charge is -2.21. The Morgan fingerprint density at radius 3 is 2.74 bits per heavy atom. The van der Waals surface area contributed by atoms with Crippen LogP contribution >= 0.6 is 0 Å². The zero-order chi connectivity index (χ0) is 16.2. The van der Waals surface area contributed by atoms with Gasteiger partial charge in [0.25, 0.3) is 11.5 Å². The van der Waals surface area contributed by atoms with E-state index in [1.54, 1.807) is 0 Å². The van der Waals surface area contributed by atoms with Gasteiger partial charge in [0.1, 0.15) is 5.56 Å². The Kier molecular flexibility index (Phi) is 5.16. The normalized spacial score (nSPS) is 19.8. The molecule has 0 spiro atoms. The summed E-state index contributed by atoms with van der Waals surface area (Å²) in [6, 6.07) is 1.87. The molecule has 1 N–H and O–H groups in total. The first-order valence-electron chi connectivity index (χ1n) is 8.95. The molecule has 5 heteroatoms. The monoisotopic (exact) mass is 317 g/mol. The number of H-pyrrole nitrogens is 1. The Hall–Kier alpha value is -1.62. The summed E-state index contributed by atoms with van der Waals surface area (Å²) in [5, 5.41) is 0. The number of aromatic nitrogens is 1. The molecule has 2 aliphatic rings. The number of carbonyl (C=O) groups is 1. The number of hydrogen-bond acceptors (Lipinski definition) is 3. The Morgan fingerprint density at radius 2 is 1.91 bits per heavy atom. The minimum absolute atomic E-state index is 0.101. The highest BCUT2D eigenvalue weighted by molar-refractivity contribution is 5.94. The van der Waals surface area contributed by atoms with Gasteiger partial charge in [-0.3, -0.25) is 9.59 Å². The van der Waals surface area contributed by atoms with Crippen molar-refractivity contribution in [2.24, 2.45) is 0 Å². The van der Waals surface area contributed by atoms with Gasteiger partial charge in [-0.1, -0.05) is 13.3 Å². The first-order valence-corrected chi connectivity index (χ1v) is 8.95.